The summed E-state index contributed by atoms with van der Waals surface area (Å²) in [7, 11) is 4.00. The lowest BCUT2D eigenvalue weighted by Crippen LogP contribution is -2.49. The van der Waals surface area contributed by atoms with Crippen LogP contribution >= 0.6 is 0 Å². The molecule has 1 saturated heterocycles. The second-order valence-corrected chi connectivity index (χ2v) is 7.67. The lowest BCUT2D eigenvalue weighted by molar-refractivity contribution is 0.0528. The molecule has 0 aliphatic carbocycles. The molecule has 7 heteroatoms. The fraction of sp³-hybridized carbons (Fsp3) is 0.364. The van der Waals surface area contributed by atoms with Crippen molar-refractivity contribution in [3.05, 3.63) is 66.1 Å². The summed E-state index contributed by atoms with van der Waals surface area (Å²) in [5, 5.41) is 10.6. The number of nitrogens with zero attached hydrogens (tertiary/aromatic N) is 5. The first-order valence-corrected chi connectivity index (χ1v) is 9.91. The largest absolute Gasteiger partial charge is 0.387 e. The van der Waals surface area contributed by atoms with E-state index >= 15 is 0 Å². The third-order valence-corrected chi connectivity index (χ3v) is 5.53. The fourth-order valence-electron chi connectivity index (χ4n) is 3.76. The molecule has 3 aromatic rings. The molecule has 3 heterocycles. The molecule has 7 nitrogen and oxygen atoms in total. The molecule has 1 amide bonds. The van der Waals surface area contributed by atoms with Gasteiger partial charge in [0.05, 0.1) is 11.7 Å². The minimum Gasteiger partial charge on any atom is -0.387 e. The smallest absolute Gasteiger partial charge is 0.257 e. The van der Waals surface area contributed by atoms with Crippen LogP contribution in [0.3, 0.4) is 0 Å². The van der Waals surface area contributed by atoms with Crippen LogP contribution in [0.2, 0.25) is 0 Å². The van der Waals surface area contributed by atoms with Crippen LogP contribution < -0.4 is 4.90 Å². The number of fused-ring (bicyclic) bond motifs is 1. The number of carbonyl (C=O) groups excluding carboxylic acids is 1. The predicted octanol–water partition coefficient (Wildman–Crippen LogP) is 1.89. The minimum absolute atomic E-state index is 0.0151. The van der Waals surface area contributed by atoms with E-state index in [1.54, 1.807) is 6.20 Å². The van der Waals surface area contributed by atoms with Gasteiger partial charge in [0.15, 0.2) is 0 Å². The van der Waals surface area contributed by atoms with E-state index in [0.717, 1.165) is 24.3 Å². The summed E-state index contributed by atoms with van der Waals surface area (Å²) in [6, 6.07) is 11.7. The highest BCUT2D eigenvalue weighted by atomic mass is 16.3. The number of aliphatic hydroxyl groups excluding tert-OH is 1. The molecule has 1 atom stereocenters. The molecule has 1 aromatic carbocycles. The van der Waals surface area contributed by atoms with Crippen molar-refractivity contribution >= 4 is 17.2 Å². The molecule has 4 rings (SSSR count). The number of rotatable bonds is 5. The number of piperazine rings is 1. The number of aromatic nitrogens is 2. The average Bonchev–Trinajstić information content (AvgIpc) is 3.23. The number of imidazole rings is 1. The maximum absolute atomic E-state index is 12.9. The summed E-state index contributed by atoms with van der Waals surface area (Å²) >= 11 is 0. The van der Waals surface area contributed by atoms with Crippen LogP contribution in [0.5, 0.6) is 0 Å². The van der Waals surface area contributed by atoms with Crippen LogP contribution in [0.15, 0.2) is 55.0 Å². The van der Waals surface area contributed by atoms with E-state index in [-0.39, 0.29) is 5.91 Å². The van der Waals surface area contributed by atoms with E-state index in [0.29, 0.717) is 30.8 Å². The summed E-state index contributed by atoms with van der Waals surface area (Å²) in [5.41, 5.74) is 3.35. The van der Waals surface area contributed by atoms with Crippen molar-refractivity contribution in [2.24, 2.45) is 0 Å². The van der Waals surface area contributed by atoms with Gasteiger partial charge in [-0.05, 0) is 29.8 Å². The zero-order chi connectivity index (χ0) is 20.4. The summed E-state index contributed by atoms with van der Waals surface area (Å²) < 4.78 is 1.86. The number of amides is 1. The maximum atomic E-state index is 12.9. The van der Waals surface area contributed by atoms with Crippen molar-refractivity contribution in [3.8, 4) is 0 Å². The topological polar surface area (TPSA) is 64.3 Å². The van der Waals surface area contributed by atoms with E-state index in [1.165, 1.54) is 0 Å². The first-order valence-electron chi connectivity index (χ1n) is 9.91. The number of hydrogen-bond acceptors (Lipinski definition) is 5. The summed E-state index contributed by atoms with van der Waals surface area (Å²) in [5.74, 6) is 0.0151. The molecule has 0 saturated carbocycles. The lowest BCUT2D eigenvalue weighted by atomic mass is 10.1. The van der Waals surface area contributed by atoms with Gasteiger partial charge in [0.2, 0.25) is 0 Å². The molecule has 0 spiro atoms. The lowest BCUT2D eigenvalue weighted by Gasteiger charge is -2.35. The van der Waals surface area contributed by atoms with Crippen LogP contribution in [-0.4, -0.2) is 77.0 Å². The summed E-state index contributed by atoms with van der Waals surface area (Å²) in [6.07, 6.45) is 4.91. The van der Waals surface area contributed by atoms with Gasteiger partial charge in [-0.15, -0.1) is 0 Å². The van der Waals surface area contributed by atoms with Crippen molar-refractivity contribution in [2.75, 3.05) is 51.7 Å². The average molecular weight is 393 g/mol. The van der Waals surface area contributed by atoms with E-state index in [1.807, 2.05) is 77.1 Å². The van der Waals surface area contributed by atoms with Gasteiger partial charge in [-0.3, -0.25) is 9.69 Å². The quantitative estimate of drug-likeness (QED) is 0.717. The molecular weight excluding hydrogens is 366 g/mol. The highest BCUT2D eigenvalue weighted by Crippen LogP contribution is 2.20. The van der Waals surface area contributed by atoms with Gasteiger partial charge >= 0.3 is 0 Å². The molecule has 1 aliphatic heterocycles. The van der Waals surface area contributed by atoms with Gasteiger partial charge in [0.25, 0.3) is 5.91 Å². The Labute approximate surface area is 170 Å². The van der Waals surface area contributed by atoms with Crippen LogP contribution in [0.4, 0.5) is 5.69 Å². The Morgan fingerprint density at radius 3 is 2.52 bits per heavy atom. The highest BCUT2D eigenvalue weighted by Gasteiger charge is 2.25. The molecule has 152 valence electrons. The van der Waals surface area contributed by atoms with Gasteiger partial charge in [0.1, 0.15) is 5.65 Å². The second-order valence-electron chi connectivity index (χ2n) is 7.67. The van der Waals surface area contributed by atoms with E-state index in [4.69, 9.17) is 0 Å². The van der Waals surface area contributed by atoms with Crippen molar-refractivity contribution < 1.29 is 9.90 Å². The van der Waals surface area contributed by atoms with Gasteiger partial charge in [-0.25, -0.2) is 4.98 Å². The fourth-order valence-corrected chi connectivity index (χ4v) is 3.76. The van der Waals surface area contributed by atoms with Gasteiger partial charge in [-0.1, -0.05) is 12.1 Å². The van der Waals surface area contributed by atoms with Crippen LogP contribution in [-0.2, 0) is 0 Å². The van der Waals surface area contributed by atoms with Crippen molar-refractivity contribution in [1.82, 2.24) is 19.2 Å². The van der Waals surface area contributed by atoms with Crippen LogP contribution in [0, 0.1) is 0 Å². The number of anilines is 1. The third kappa shape index (κ3) is 4.11. The first-order chi connectivity index (χ1) is 14.0. The van der Waals surface area contributed by atoms with Crippen molar-refractivity contribution in [2.45, 2.75) is 6.10 Å². The normalized spacial score (nSPS) is 16.2. The Kier molecular flexibility index (Phi) is 5.51. The molecule has 0 bridgehead atoms. The molecule has 0 radical (unpaired) electrons. The molecule has 1 N–H and O–H groups in total. The number of pyridine rings is 1. The SMILES string of the molecule is CN(C)c1ccc(C(O)CN2CCN(C(=O)c3cccn4ccnc34)CC2)cc1. The summed E-state index contributed by atoms with van der Waals surface area (Å²) in [4.78, 5) is 23.4. The predicted molar refractivity (Wildman–Crippen MR) is 113 cm³/mol. The number of aliphatic hydroxyl groups is 1. The standard InChI is InChI=1S/C22H27N5O2/c1-24(2)18-7-5-17(6-8-18)20(28)16-25-12-14-27(15-13-25)22(29)19-4-3-10-26-11-9-23-21(19)26/h3-11,20,28H,12-16H2,1-2H3. The van der Waals surface area contributed by atoms with Crippen molar-refractivity contribution in [3.63, 3.8) is 0 Å². The zero-order valence-corrected chi connectivity index (χ0v) is 16.9. The minimum atomic E-state index is -0.535. The molecular formula is C22H27N5O2. The third-order valence-electron chi connectivity index (χ3n) is 5.53. The molecule has 1 fully saturated rings. The molecule has 1 aliphatic rings. The molecule has 2 aromatic heterocycles. The maximum Gasteiger partial charge on any atom is 0.257 e. The number of β-amino-alcohol motifs (C(OH)–C–C–N with tert-alkyl or cyclic N) is 1. The number of hydrogen-bond donors (Lipinski definition) is 1. The Hall–Kier alpha value is -2.90. The van der Waals surface area contributed by atoms with Crippen LogP contribution in [0.25, 0.3) is 5.65 Å². The van der Waals surface area contributed by atoms with Gasteiger partial charge < -0.3 is 19.3 Å². The van der Waals surface area contributed by atoms with E-state index in [2.05, 4.69) is 9.88 Å². The molecule has 1 unspecified atom stereocenters. The second kappa shape index (κ2) is 8.23. The Morgan fingerprint density at radius 1 is 1.10 bits per heavy atom. The van der Waals surface area contributed by atoms with Gasteiger partial charge in [0, 0.05) is 71.1 Å². The van der Waals surface area contributed by atoms with Gasteiger partial charge in [-0.2, -0.15) is 0 Å². The van der Waals surface area contributed by atoms with E-state index < -0.39 is 6.10 Å². The number of benzene rings is 1. The summed E-state index contributed by atoms with van der Waals surface area (Å²) in [6.45, 7) is 3.35. The monoisotopic (exact) mass is 393 g/mol. The molecule has 29 heavy (non-hydrogen) atoms. The Bertz CT molecular complexity index is 974. The van der Waals surface area contributed by atoms with Crippen molar-refractivity contribution in [1.29, 1.82) is 0 Å². The zero-order valence-electron chi connectivity index (χ0n) is 16.9. The number of carbonyl (C=O) groups is 1. The van der Waals surface area contributed by atoms with Crippen LogP contribution in [0.1, 0.15) is 22.0 Å². The highest BCUT2D eigenvalue weighted by molar-refractivity contribution is 5.99. The first kappa shape index (κ1) is 19.4. The Morgan fingerprint density at radius 2 is 1.83 bits per heavy atom. The van der Waals surface area contributed by atoms with E-state index in [9.17, 15) is 9.90 Å². The Balaban J connectivity index is 1.34.